The molecule has 2 unspecified atom stereocenters. The van der Waals surface area contributed by atoms with Crippen LogP contribution >= 0.6 is 11.3 Å². The zero-order chi connectivity index (χ0) is 16.1. The molecule has 5 rings (SSSR count). The summed E-state index contributed by atoms with van der Waals surface area (Å²) in [5.74, 6) is 3.59. The van der Waals surface area contributed by atoms with Crippen molar-refractivity contribution in [3.05, 3.63) is 40.7 Å². The quantitative estimate of drug-likeness (QED) is 0.726. The predicted octanol–water partition coefficient (Wildman–Crippen LogP) is 3.54. The highest BCUT2D eigenvalue weighted by Crippen LogP contribution is 2.55. The number of hydrogen-bond donors (Lipinski definition) is 0. The van der Waals surface area contributed by atoms with Crippen molar-refractivity contribution in [3.63, 3.8) is 0 Å². The van der Waals surface area contributed by atoms with Crippen LogP contribution in [-0.2, 0) is 0 Å². The van der Waals surface area contributed by atoms with Gasteiger partial charge in [0.1, 0.15) is 13.2 Å². The number of nitrogens with zero attached hydrogens (tertiary/aromatic N) is 3. The van der Waals surface area contributed by atoms with Crippen LogP contribution in [-0.4, -0.2) is 28.3 Å². The molecule has 2 atom stereocenters. The zero-order valence-electron chi connectivity index (χ0n) is 13.1. The average Bonchev–Trinajstić information content (AvgIpc) is 3.04. The average molecular weight is 341 g/mol. The molecule has 1 fully saturated rings. The molecule has 0 amide bonds. The number of rotatable bonds is 3. The number of thiazole rings is 1. The van der Waals surface area contributed by atoms with Gasteiger partial charge in [0.15, 0.2) is 16.5 Å². The smallest absolute Gasteiger partial charge is 0.231 e. The fraction of sp³-hybridized carbons (Fsp3) is 0.353. The predicted molar refractivity (Wildman–Crippen MR) is 87.7 cm³/mol. The van der Waals surface area contributed by atoms with Crippen molar-refractivity contribution in [2.24, 2.45) is 0 Å². The number of ether oxygens (including phenoxy) is 2. The molecule has 1 saturated carbocycles. The van der Waals surface area contributed by atoms with Gasteiger partial charge in [-0.25, -0.2) is 4.98 Å². The lowest BCUT2D eigenvalue weighted by Crippen LogP contribution is -2.15. The van der Waals surface area contributed by atoms with Crippen LogP contribution in [0.4, 0.5) is 0 Å². The third-order valence-electron chi connectivity index (χ3n) is 4.35. The first-order valence-corrected chi connectivity index (χ1v) is 8.81. The molecule has 0 radical (unpaired) electrons. The highest BCUT2D eigenvalue weighted by Gasteiger charge is 2.44. The van der Waals surface area contributed by atoms with Gasteiger partial charge < -0.3 is 14.0 Å². The standard InChI is InChI=1S/C17H15N3O3S/c1-9-8-24-17(18-9)15-19-16(23-20-15)12-7-11(12)10-2-3-13-14(6-10)22-5-4-21-13/h2-3,6,8,11-12H,4-5,7H2,1H3. The summed E-state index contributed by atoms with van der Waals surface area (Å²) in [7, 11) is 0. The van der Waals surface area contributed by atoms with E-state index in [1.165, 1.54) is 16.9 Å². The molecule has 1 aromatic carbocycles. The molecule has 1 aliphatic heterocycles. The van der Waals surface area contributed by atoms with Crippen molar-refractivity contribution in [2.75, 3.05) is 13.2 Å². The Balaban J connectivity index is 1.36. The van der Waals surface area contributed by atoms with Crippen molar-refractivity contribution in [3.8, 4) is 22.3 Å². The van der Waals surface area contributed by atoms with Crippen LogP contribution in [0.3, 0.4) is 0 Å². The summed E-state index contributed by atoms with van der Waals surface area (Å²) in [6.07, 6.45) is 1.01. The van der Waals surface area contributed by atoms with E-state index in [1.807, 2.05) is 18.4 Å². The maximum absolute atomic E-state index is 5.66. The zero-order valence-corrected chi connectivity index (χ0v) is 13.9. The monoisotopic (exact) mass is 341 g/mol. The minimum absolute atomic E-state index is 0.273. The number of aryl methyl sites for hydroxylation is 1. The van der Waals surface area contributed by atoms with Crippen LogP contribution in [0.15, 0.2) is 28.1 Å². The van der Waals surface area contributed by atoms with Gasteiger partial charge in [0, 0.05) is 17.0 Å². The largest absolute Gasteiger partial charge is 0.486 e. The lowest BCUT2D eigenvalue weighted by Gasteiger charge is -2.18. The van der Waals surface area contributed by atoms with Crippen LogP contribution in [0.2, 0.25) is 0 Å². The van der Waals surface area contributed by atoms with E-state index in [2.05, 4.69) is 27.3 Å². The second-order valence-corrected chi connectivity index (χ2v) is 6.96. The first-order chi connectivity index (χ1) is 11.8. The van der Waals surface area contributed by atoms with Gasteiger partial charge in [-0.05, 0) is 37.0 Å². The van der Waals surface area contributed by atoms with E-state index in [-0.39, 0.29) is 5.92 Å². The summed E-state index contributed by atoms with van der Waals surface area (Å²) in [6.45, 7) is 3.17. The molecule has 0 bridgehead atoms. The maximum Gasteiger partial charge on any atom is 0.231 e. The fourth-order valence-electron chi connectivity index (χ4n) is 3.06. The number of benzene rings is 1. The minimum atomic E-state index is 0.273. The number of hydrogen-bond acceptors (Lipinski definition) is 7. The first kappa shape index (κ1) is 14.0. The number of fused-ring (bicyclic) bond motifs is 1. The molecule has 6 nitrogen and oxygen atoms in total. The van der Waals surface area contributed by atoms with Crippen LogP contribution in [0.25, 0.3) is 10.8 Å². The summed E-state index contributed by atoms with van der Waals surface area (Å²) >= 11 is 1.53. The SMILES string of the molecule is Cc1csc(-c2noc(C3CC3c3ccc4c(c3)OCCO4)n2)n1. The second kappa shape index (κ2) is 5.31. The molecule has 122 valence electrons. The van der Waals surface area contributed by atoms with E-state index in [4.69, 9.17) is 14.0 Å². The van der Waals surface area contributed by atoms with Gasteiger partial charge in [-0.15, -0.1) is 11.3 Å². The first-order valence-electron chi connectivity index (χ1n) is 7.93. The van der Waals surface area contributed by atoms with Gasteiger partial charge >= 0.3 is 0 Å². The third-order valence-corrected chi connectivity index (χ3v) is 5.31. The van der Waals surface area contributed by atoms with Gasteiger partial charge in [0.25, 0.3) is 0 Å². The van der Waals surface area contributed by atoms with Crippen LogP contribution in [0.5, 0.6) is 11.5 Å². The van der Waals surface area contributed by atoms with E-state index in [1.54, 1.807) is 0 Å². The Morgan fingerprint density at radius 3 is 2.79 bits per heavy atom. The van der Waals surface area contributed by atoms with E-state index in [9.17, 15) is 0 Å². The number of aromatic nitrogens is 3. The Labute approximate surface area is 142 Å². The lowest BCUT2D eigenvalue weighted by molar-refractivity contribution is 0.171. The normalized spacial score (nSPS) is 21.7. The van der Waals surface area contributed by atoms with E-state index < -0.39 is 0 Å². The highest BCUT2D eigenvalue weighted by atomic mass is 32.1. The molecule has 3 aromatic rings. The maximum atomic E-state index is 5.66. The van der Waals surface area contributed by atoms with Gasteiger partial charge in [0.2, 0.25) is 11.7 Å². The molecule has 3 heterocycles. The van der Waals surface area contributed by atoms with E-state index in [0.29, 0.717) is 30.8 Å². The topological polar surface area (TPSA) is 70.3 Å². The highest BCUT2D eigenvalue weighted by molar-refractivity contribution is 7.13. The fourth-order valence-corrected chi connectivity index (χ4v) is 3.78. The van der Waals surface area contributed by atoms with Gasteiger partial charge in [0.05, 0.1) is 0 Å². The van der Waals surface area contributed by atoms with Crippen molar-refractivity contribution in [1.82, 2.24) is 15.1 Å². The summed E-state index contributed by atoms with van der Waals surface area (Å²) in [5.41, 5.74) is 2.20. The molecule has 0 N–H and O–H groups in total. The Morgan fingerprint density at radius 2 is 1.96 bits per heavy atom. The van der Waals surface area contributed by atoms with Gasteiger partial charge in [-0.2, -0.15) is 4.98 Å². The van der Waals surface area contributed by atoms with Crippen molar-refractivity contribution in [1.29, 1.82) is 0 Å². The van der Waals surface area contributed by atoms with Crippen LogP contribution < -0.4 is 9.47 Å². The Kier molecular flexibility index (Phi) is 3.09. The van der Waals surface area contributed by atoms with Crippen LogP contribution in [0.1, 0.15) is 35.4 Å². The summed E-state index contributed by atoms with van der Waals surface area (Å²) < 4.78 is 16.7. The molecule has 1 aliphatic carbocycles. The third kappa shape index (κ3) is 2.36. The lowest BCUT2D eigenvalue weighted by atomic mass is 10.1. The Hall–Kier alpha value is -2.41. The summed E-state index contributed by atoms with van der Waals surface area (Å²) in [5, 5.41) is 6.87. The summed E-state index contributed by atoms with van der Waals surface area (Å²) in [4.78, 5) is 8.94. The van der Waals surface area contributed by atoms with Crippen molar-refractivity contribution < 1.29 is 14.0 Å². The summed E-state index contributed by atoms with van der Waals surface area (Å²) in [6, 6.07) is 6.15. The second-order valence-electron chi connectivity index (χ2n) is 6.10. The molecular formula is C17H15N3O3S. The van der Waals surface area contributed by atoms with Gasteiger partial charge in [-0.1, -0.05) is 11.2 Å². The molecule has 7 heteroatoms. The van der Waals surface area contributed by atoms with Crippen molar-refractivity contribution in [2.45, 2.75) is 25.2 Å². The van der Waals surface area contributed by atoms with E-state index in [0.717, 1.165) is 28.6 Å². The van der Waals surface area contributed by atoms with E-state index >= 15 is 0 Å². The molecule has 0 saturated heterocycles. The minimum Gasteiger partial charge on any atom is -0.486 e. The van der Waals surface area contributed by atoms with Gasteiger partial charge in [-0.3, -0.25) is 0 Å². The Bertz CT molecular complexity index is 904. The molecule has 2 aromatic heterocycles. The molecule has 0 spiro atoms. The Morgan fingerprint density at radius 1 is 1.08 bits per heavy atom. The molecular weight excluding hydrogens is 326 g/mol. The van der Waals surface area contributed by atoms with Crippen LogP contribution in [0, 0.1) is 6.92 Å². The molecule has 2 aliphatic rings. The molecule has 24 heavy (non-hydrogen) atoms. The van der Waals surface area contributed by atoms with Crippen molar-refractivity contribution >= 4 is 11.3 Å².